The SMILES string of the molecule is CCC1=Cc2c(cccc2-c2ccc(CN)cc2)C1. The number of nitrogens with two attached hydrogens (primary N) is 1. The number of hydrogen-bond donors (Lipinski definition) is 1. The summed E-state index contributed by atoms with van der Waals surface area (Å²) < 4.78 is 0. The van der Waals surface area contributed by atoms with Gasteiger partial charge in [-0.25, -0.2) is 0 Å². The Hall–Kier alpha value is -1.86. The lowest BCUT2D eigenvalue weighted by atomic mass is 9.96. The fraction of sp³-hybridized carbons (Fsp3) is 0.222. The molecule has 2 N–H and O–H groups in total. The number of fused-ring (bicyclic) bond motifs is 1. The van der Waals surface area contributed by atoms with Gasteiger partial charge in [0.2, 0.25) is 0 Å². The number of rotatable bonds is 3. The Balaban J connectivity index is 2.06. The third-order valence-electron chi connectivity index (χ3n) is 3.92. The normalized spacial score (nSPS) is 13.3. The van der Waals surface area contributed by atoms with Gasteiger partial charge in [0, 0.05) is 6.54 Å². The Morgan fingerprint density at radius 2 is 1.84 bits per heavy atom. The number of allylic oxidation sites excluding steroid dienone is 1. The van der Waals surface area contributed by atoms with Crippen LogP contribution in [0.2, 0.25) is 0 Å². The molecule has 0 saturated carbocycles. The summed E-state index contributed by atoms with van der Waals surface area (Å²) >= 11 is 0. The predicted octanol–water partition coefficient (Wildman–Crippen LogP) is 4.16. The van der Waals surface area contributed by atoms with Crippen molar-refractivity contribution in [2.75, 3.05) is 0 Å². The molecule has 1 aliphatic rings. The predicted molar refractivity (Wildman–Crippen MR) is 81.7 cm³/mol. The molecule has 0 saturated heterocycles. The van der Waals surface area contributed by atoms with E-state index in [9.17, 15) is 0 Å². The van der Waals surface area contributed by atoms with Crippen molar-refractivity contribution in [2.24, 2.45) is 5.73 Å². The molecule has 0 aromatic heterocycles. The van der Waals surface area contributed by atoms with E-state index in [-0.39, 0.29) is 0 Å². The van der Waals surface area contributed by atoms with E-state index >= 15 is 0 Å². The summed E-state index contributed by atoms with van der Waals surface area (Å²) in [6, 6.07) is 15.2. The molecular weight excluding hydrogens is 230 g/mol. The second-order valence-electron chi connectivity index (χ2n) is 5.11. The molecule has 2 aromatic carbocycles. The molecule has 1 nitrogen and oxygen atoms in total. The molecule has 0 bridgehead atoms. The van der Waals surface area contributed by atoms with E-state index in [1.54, 1.807) is 0 Å². The van der Waals surface area contributed by atoms with Gasteiger partial charge < -0.3 is 5.73 Å². The molecule has 0 fully saturated rings. The van der Waals surface area contributed by atoms with E-state index in [0.717, 1.165) is 12.8 Å². The average Bonchev–Trinajstić information content (AvgIpc) is 2.90. The van der Waals surface area contributed by atoms with Crippen molar-refractivity contribution >= 4 is 6.08 Å². The summed E-state index contributed by atoms with van der Waals surface area (Å²) in [6.07, 6.45) is 4.61. The minimum Gasteiger partial charge on any atom is -0.326 e. The molecule has 3 rings (SSSR count). The molecule has 0 spiro atoms. The summed E-state index contributed by atoms with van der Waals surface area (Å²) in [7, 11) is 0. The maximum absolute atomic E-state index is 5.66. The topological polar surface area (TPSA) is 26.0 Å². The first-order valence-corrected chi connectivity index (χ1v) is 6.92. The highest BCUT2D eigenvalue weighted by Crippen LogP contribution is 2.34. The zero-order chi connectivity index (χ0) is 13.2. The summed E-state index contributed by atoms with van der Waals surface area (Å²) in [5.41, 5.74) is 13.8. The van der Waals surface area contributed by atoms with Gasteiger partial charge in [-0.2, -0.15) is 0 Å². The highest BCUT2D eigenvalue weighted by molar-refractivity contribution is 5.80. The van der Waals surface area contributed by atoms with Crippen molar-refractivity contribution in [3.05, 3.63) is 64.7 Å². The maximum Gasteiger partial charge on any atom is 0.0178 e. The van der Waals surface area contributed by atoms with Crippen molar-refractivity contribution < 1.29 is 0 Å². The van der Waals surface area contributed by atoms with Crippen LogP contribution in [-0.4, -0.2) is 0 Å². The largest absolute Gasteiger partial charge is 0.326 e. The lowest BCUT2D eigenvalue weighted by Crippen LogP contribution is -1.95. The molecule has 1 heteroatoms. The van der Waals surface area contributed by atoms with Gasteiger partial charge in [-0.1, -0.05) is 61.0 Å². The molecule has 0 amide bonds. The Kier molecular flexibility index (Phi) is 3.22. The zero-order valence-electron chi connectivity index (χ0n) is 11.3. The summed E-state index contributed by atoms with van der Waals surface area (Å²) in [4.78, 5) is 0. The minimum atomic E-state index is 0.604. The van der Waals surface area contributed by atoms with Crippen molar-refractivity contribution in [2.45, 2.75) is 26.3 Å². The van der Waals surface area contributed by atoms with Gasteiger partial charge in [-0.15, -0.1) is 0 Å². The van der Waals surface area contributed by atoms with Crippen molar-refractivity contribution in [1.82, 2.24) is 0 Å². The van der Waals surface area contributed by atoms with E-state index in [1.807, 2.05) is 0 Å². The van der Waals surface area contributed by atoms with Crippen LogP contribution in [0.5, 0.6) is 0 Å². The van der Waals surface area contributed by atoms with Crippen LogP contribution >= 0.6 is 0 Å². The third kappa shape index (κ3) is 2.22. The van der Waals surface area contributed by atoms with Crippen LogP contribution in [-0.2, 0) is 13.0 Å². The first-order chi connectivity index (χ1) is 9.31. The van der Waals surface area contributed by atoms with Gasteiger partial charge in [-0.3, -0.25) is 0 Å². The second kappa shape index (κ2) is 5.02. The Morgan fingerprint density at radius 1 is 1.05 bits per heavy atom. The smallest absolute Gasteiger partial charge is 0.0178 e. The van der Waals surface area contributed by atoms with E-state index in [2.05, 4.69) is 55.5 Å². The maximum atomic E-state index is 5.66. The van der Waals surface area contributed by atoms with Gasteiger partial charge >= 0.3 is 0 Å². The summed E-state index contributed by atoms with van der Waals surface area (Å²) in [5, 5.41) is 0. The van der Waals surface area contributed by atoms with E-state index < -0.39 is 0 Å². The lowest BCUT2D eigenvalue weighted by Gasteiger charge is -2.08. The van der Waals surface area contributed by atoms with Crippen LogP contribution < -0.4 is 5.73 Å². The van der Waals surface area contributed by atoms with Crippen LogP contribution in [0.1, 0.15) is 30.0 Å². The Labute approximate surface area is 114 Å². The summed E-state index contributed by atoms with van der Waals surface area (Å²) in [5.74, 6) is 0. The van der Waals surface area contributed by atoms with E-state index in [4.69, 9.17) is 5.73 Å². The van der Waals surface area contributed by atoms with Gasteiger partial charge in [0.05, 0.1) is 0 Å². The van der Waals surface area contributed by atoms with Gasteiger partial charge in [0.15, 0.2) is 0 Å². The first-order valence-electron chi connectivity index (χ1n) is 6.92. The van der Waals surface area contributed by atoms with Crippen LogP contribution in [0, 0.1) is 0 Å². The molecule has 0 atom stereocenters. The molecule has 1 aliphatic carbocycles. The molecule has 0 radical (unpaired) electrons. The van der Waals surface area contributed by atoms with Crippen molar-refractivity contribution in [1.29, 1.82) is 0 Å². The Bertz CT molecular complexity index is 621. The Morgan fingerprint density at radius 3 is 2.53 bits per heavy atom. The quantitative estimate of drug-likeness (QED) is 0.868. The van der Waals surface area contributed by atoms with Crippen molar-refractivity contribution in [3.63, 3.8) is 0 Å². The number of benzene rings is 2. The van der Waals surface area contributed by atoms with Crippen molar-refractivity contribution in [3.8, 4) is 11.1 Å². The molecular formula is C18H19N. The zero-order valence-corrected chi connectivity index (χ0v) is 11.3. The minimum absolute atomic E-state index is 0.604. The third-order valence-corrected chi connectivity index (χ3v) is 3.92. The van der Waals surface area contributed by atoms with Crippen LogP contribution in [0.25, 0.3) is 17.2 Å². The fourth-order valence-electron chi connectivity index (χ4n) is 2.74. The van der Waals surface area contributed by atoms with E-state index in [1.165, 1.54) is 33.4 Å². The van der Waals surface area contributed by atoms with Gasteiger partial charge in [-0.05, 0) is 40.7 Å². The molecule has 2 aromatic rings. The average molecular weight is 249 g/mol. The highest BCUT2D eigenvalue weighted by atomic mass is 14.5. The lowest BCUT2D eigenvalue weighted by molar-refractivity contribution is 1.04. The van der Waals surface area contributed by atoms with E-state index in [0.29, 0.717) is 6.54 Å². The fourth-order valence-corrected chi connectivity index (χ4v) is 2.74. The monoisotopic (exact) mass is 249 g/mol. The van der Waals surface area contributed by atoms with Gasteiger partial charge in [0.25, 0.3) is 0 Å². The number of hydrogen-bond acceptors (Lipinski definition) is 1. The van der Waals surface area contributed by atoms with Gasteiger partial charge in [0.1, 0.15) is 0 Å². The van der Waals surface area contributed by atoms with Crippen LogP contribution in [0.3, 0.4) is 0 Å². The van der Waals surface area contributed by atoms with Crippen LogP contribution in [0.4, 0.5) is 0 Å². The standard InChI is InChI=1S/C18H19N/c1-2-13-10-16-4-3-5-17(18(16)11-13)15-8-6-14(12-19)7-9-15/h3-9,11H,2,10,12,19H2,1H3. The molecule has 96 valence electrons. The molecule has 0 aliphatic heterocycles. The molecule has 0 unspecified atom stereocenters. The second-order valence-corrected chi connectivity index (χ2v) is 5.11. The van der Waals surface area contributed by atoms with Crippen LogP contribution in [0.15, 0.2) is 48.0 Å². The molecule has 0 heterocycles. The summed E-state index contributed by atoms with van der Waals surface area (Å²) in [6.45, 7) is 2.83. The highest BCUT2D eigenvalue weighted by Gasteiger charge is 2.15. The first kappa shape index (κ1) is 12.2. The molecule has 19 heavy (non-hydrogen) atoms.